The van der Waals surface area contributed by atoms with Gasteiger partial charge < -0.3 is 15.4 Å². The van der Waals surface area contributed by atoms with E-state index in [9.17, 15) is 14.2 Å². The number of carbonyl (C=O) groups excluding carboxylic acids is 1. The van der Waals surface area contributed by atoms with Crippen LogP contribution in [-0.2, 0) is 18.7 Å². The summed E-state index contributed by atoms with van der Waals surface area (Å²) in [6.07, 6.45) is -0.751. The Morgan fingerprint density at radius 3 is 2.00 bits per heavy atom. The van der Waals surface area contributed by atoms with Gasteiger partial charge in [-0.2, -0.15) is 0 Å². The molecule has 0 aliphatic rings. The summed E-state index contributed by atoms with van der Waals surface area (Å²) in [5.74, 6) is -2.81. The number of aliphatic carboxylic acids is 1. The van der Waals surface area contributed by atoms with Crippen LogP contribution in [0.2, 0.25) is 0 Å². The molecular formula is C4H13CaKMgNO7P. The van der Waals surface area contributed by atoms with Crippen LogP contribution in [0, 0.1) is 0 Å². The zero-order valence-electron chi connectivity index (χ0n) is 6.28. The number of rotatable bonds is 4. The Balaban J connectivity index is -0.000000240. The zero-order valence-corrected chi connectivity index (χ0v) is 7.18. The molecule has 86 valence electrons. The van der Waals surface area contributed by atoms with Gasteiger partial charge in [-0.25, -0.2) is 9.36 Å². The molecule has 0 aromatic carbocycles. The van der Waals surface area contributed by atoms with Crippen LogP contribution in [0.25, 0.3) is 0 Å². The molecule has 16 heavy (non-hydrogen) atoms. The number of phosphoric ester groups is 1. The fourth-order valence-corrected chi connectivity index (χ4v) is 0.826. The van der Waals surface area contributed by atoms with E-state index in [1.807, 2.05) is 0 Å². The summed E-state index contributed by atoms with van der Waals surface area (Å²) in [5, 5.41) is 8.15. The Labute approximate surface area is 180 Å². The Hall–Kier alpha value is 2.71. The van der Waals surface area contributed by atoms with Crippen molar-refractivity contribution in [2.24, 2.45) is 5.73 Å². The summed E-state index contributed by atoms with van der Waals surface area (Å²) in [6, 6.07) is -1.58. The molecule has 1 atom stereocenters. The second kappa shape index (κ2) is 12.7. The molecule has 12 heteroatoms. The predicted molar refractivity (Wildman–Crippen MR) is 62.6 cm³/mol. The first-order valence-corrected chi connectivity index (χ1v) is 4.52. The fourth-order valence-electron chi connectivity index (χ4n) is 0.456. The average molecular weight is 322 g/mol. The number of carboxylic acids is 1. The van der Waals surface area contributed by atoms with Crippen LogP contribution in [0.5, 0.6) is 0 Å². The number of carbonyl (C=O) groups is 2. The number of phosphoric acid groups is 1. The van der Waals surface area contributed by atoms with Gasteiger partial charge in [0.25, 0.3) is 0 Å². The molecule has 0 amide bonds. The van der Waals surface area contributed by atoms with Crippen LogP contribution in [-0.4, -0.2) is 145 Å². The van der Waals surface area contributed by atoms with E-state index in [4.69, 9.17) is 20.6 Å². The van der Waals surface area contributed by atoms with E-state index in [0.717, 1.165) is 0 Å². The van der Waals surface area contributed by atoms with Crippen molar-refractivity contribution in [2.45, 2.75) is 12.5 Å². The van der Waals surface area contributed by atoms with Crippen molar-refractivity contribution in [2.75, 3.05) is 0 Å². The van der Waals surface area contributed by atoms with Gasteiger partial charge >= 0.3 is 132 Å². The van der Waals surface area contributed by atoms with Gasteiger partial charge in [0.1, 0.15) is 6.04 Å². The van der Waals surface area contributed by atoms with Crippen LogP contribution >= 0.6 is 7.82 Å². The molecule has 0 fully saturated rings. The quantitative estimate of drug-likeness (QED) is 0.302. The molecule has 0 bridgehead atoms. The third-order valence-corrected chi connectivity index (χ3v) is 1.32. The normalized spacial score (nSPS) is 10.9. The zero-order chi connectivity index (χ0) is 10.6. The van der Waals surface area contributed by atoms with Gasteiger partial charge in [0, 0.05) is 0 Å². The van der Waals surface area contributed by atoms with Gasteiger partial charge in [0.05, 0.1) is 6.42 Å². The van der Waals surface area contributed by atoms with Crippen LogP contribution < -0.4 is 5.73 Å². The summed E-state index contributed by atoms with van der Waals surface area (Å²) in [6.45, 7) is 0. The van der Waals surface area contributed by atoms with Crippen molar-refractivity contribution in [3.63, 3.8) is 0 Å². The van der Waals surface area contributed by atoms with Crippen LogP contribution in [0.15, 0.2) is 0 Å². The van der Waals surface area contributed by atoms with Gasteiger partial charge in [-0.15, -0.1) is 0 Å². The van der Waals surface area contributed by atoms with E-state index in [1.165, 1.54) is 0 Å². The predicted octanol–water partition coefficient (Wildman–Crippen LogP) is -4.06. The summed E-state index contributed by atoms with van der Waals surface area (Å²) < 4.78 is 13.6. The number of carboxylic acid groups (broad SMARTS) is 1. The van der Waals surface area contributed by atoms with Crippen LogP contribution in [0.4, 0.5) is 0 Å². The molecule has 0 radical (unpaired) electrons. The maximum atomic E-state index is 10.6. The van der Waals surface area contributed by atoms with Gasteiger partial charge in [0.2, 0.25) is 0 Å². The van der Waals surface area contributed by atoms with Crippen LogP contribution in [0.3, 0.4) is 0 Å². The molecule has 0 rings (SSSR count). The molecule has 0 saturated carbocycles. The Morgan fingerprint density at radius 2 is 1.75 bits per heavy atom. The van der Waals surface area contributed by atoms with Crippen molar-refractivity contribution in [1.82, 2.24) is 0 Å². The Kier molecular flexibility index (Phi) is 21.6. The molecule has 0 aliphatic heterocycles. The first-order chi connectivity index (χ1) is 5.72. The minimum atomic E-state index is -4.94. The van der Waals surface area contributed by atoms with Crippen molar-refractivity contribution in [3.8, 4) is 0 Å². The smallest absolute Gasteiger partial charge is 0.316 e. The molecule has 8 nitrogen and oxygen atoms in total. The summed E-state index contributed by atoms with van der Waals surface area (Å²) in [7, 11) is -4.94. The maximum Gasteiger partial charge on any atom is 0.316 e. The van der Waals surface area contributed by atoms with E-state index in [0.29, 0.717) is 0 Å². The Bertz CT molecular complexity index is 273. The number of hydrogen-bond acceptors (Lipinski definition) is 5. The average Bonchev–Trinajstić information content (AvgIpc) is 1.81. The molecule has 0 unspecified atom stereocenters. The standard InChI is InChI=1S/C4H8NO7P.Ca.K.Mg.5H/c5-2(1-3(6)7)4(8)12-13(9,10)11;;;;;;;;/h2H,1,5H2,(H,6,7)(H2,9,10,11);;;;;;;;/t2-;;;;;;;;/m0......../s1. The summed E-state index contributed by atoms with van der Waals surface area (Å²) >= 11 is 0. The number of hydrogen-bond donors (Lipinski definition) is 4. The van der Waals surface area contributed by atoms with Gasteiger partial charge in [0.15, 0.2) is 0 Å². The van der Waals surface area contributed by atoms with Crippen molar-refractivity contribution in [1.29, 1.82) is 0 Å². The fraction of sp³-hybridized carbons (Fsp3) is 0.500. The van der Waals surface area contributed by atoms with E-state index in [-0.39, 0.29) is 112 Å². The summed E-state index contributed by atoms with van der Waals surface area (Å²) in [5.41, 5.74) is 4.93. The first-order valence-electron chi connectivity index (χ1n) is 2.98. The molecule has 0 aliphatic carbocycles. The molecule has 0 saturated heterocycles. The molecule has 0 aromatic heterocycles. The third kappa shape index (κ3) is 16.7. The van der Waals surface area contributed by atoms with Gasteiger partial charge in [-0.05, 0) is 0 Å². The SMILES string of the molecule is N[C@@H](CC(=O)O)C(=O)OP(=O)(O)O.[CaH2].[KH].[MgH2]. The van der Waals surface area contributed by atoms with E-state index < -0.39 is 32.2 Å². The monoisotopic (exact) mass is 321 g/mol. The van der Waals surface area contributed by atoms with Gasteiger partial charge in [-0.1, -0.05) is 0 Å². The molecule has 0 heterocycles. The first kappa shape index (κ1) is 27.1. The largest absolute Gasteiger partial charge is 0.316 e. The van der Waals surface area contributed by atoms with E-state index >= 15 is 0 Å². The number of nitrogens with two attached hydrogens (primary N) is 1. The van der Waals surface area contributed by atoms with Crippen molar-refractivity contribution >= 4 is 132 Å². The second-order valence-corrected chi connectivity index (χ2v) is 3.27. The Morgan fingerprint density at radius 1 is 1.38 bits per heavy atom. The van der Waals surface area contributed by atoms with Gasteiger partial charge in [-0.3, -0.25) is 14.6 Å². The second-order valence-electron chi connectivity index (χ2n) is 2.11. The third-order valence-electron chi connectivity index (χ3n) is 0.906. The topological polar surface area (TPSA) is 147 Å². The van der Waals surface area contributed by atoms with E-state index in [1.54, 1.807) is 0 Å². The summed E-state index contributed by atoms with van der Waals surface area (Å²) in [4.78, 5) is 36.9. The molecular weight excluding hydrogens is 308 g/mol. The van der Waals surface area contributed by atoms with Crippen molar-refractivity contribution < 1.29 is 33.6 Å². The maximum absolute atomic E-state index is 10.6. The van der Waals surface area contributed by atoms with E-state index in [2.05, 4.69) is 4.52 Å². The van der Waals surface area contributed by atoms with Crippen molar-refractivity contribution in [3.05, 3.63) is 0 Å². The molecule has 0 aromatic rings. The minimum absolute atomic E-state index is 0. The molecule has 5 N–H and O–H groups in total. The molecule has 0 spiro atoms. The minimum Gasteiger partial charge on any atom is 0.316 e. The van der Waals surface area contributed by atoms with Crippen LogP contribution in [0.1, 0.15) is 6.42 Å².